The number of hydrogen-bond donors (Lipinski definition) is 0. The van der Waals surface area contributed by atoms with E-state index in [2.05, 4.69) is 16.7 Å². The smallest absolute Gasteiger partial charge is 0.213 e. The highest BCUT2D eigenvalue weighted by Crippen LogP contribution is 2.44. The number of rotatable bonds is 9. The van der Waals surface area contributed by atoms with Gasteiger partial charge in [0.2, 0.25) is 5.52 Å². The molecule has 0 unspecified atom stereocenters. The molecule has 6 rings (SSSR count). The Morgan fingerprint density at radius 2 is 1.17 bits per heavy atom. The third-order valence-electron chi connectivity index (χ3n) is 8.17. The summed E-state index contributed by atoms with van der Waals surface area (Å²) in [6, 6.07) is 28.5. The molecule has 0 atom stereocenters. The standard InChI is InChI=1S/C39H32F2NO4/c1-5-42-22-31(17-30-21-37(44-2)32(23-43)19-36(30)42)28-18-35(39(46-4)38(20-28)45-3)29-15-26(24-6-10-33(40)11-7-24)14-27(16-29)25-8-12-34(41)13-9-25/h6-23H,5H2,1-4H3/q+1. The molecule has 0 aliphatic heterocycles. The SMILES string of the molecule is CC[n+]1cc(-c2cc(OC)c(OC)c(-c3cc(-c4ccc(F)cc4)cc(-c4ccc(F)cc4)c3)c2)cc2cc(OC)c(C=O)cc21. The summed E-state index contributed by atoms with van der Waals surface area (Å²) in [5.74, 6) is 0.952. The van der Waals surface area contributed by atoms with Crippen LogP contribution >= 0.6 is 0 Å². The summed E-state index contributed by atoms with van der Waals surface area (Å²) in [5.41, 5.74) is 8.18. The van der Waals surface area contributed by atoms with E-state index in [1.54, 1.807) is 45.6 Å². The monoisotopic (exact) mass is 616 g/mol. The number of ether oxygens (including phenoxy) is 3. The van der Waals surface area contributed by atoms with E-state index in [-0.39, 0.29) is 11.6 Å². The largest absolute Gasteiger partial charge is 0.496 e. The Kier molecular flexibility index (Phi) is 8.49. The molecule has 0 aliphatic carbocycles. The number of carbonyl (C=O) groups excluding carboxylic acids is 1. The average molecular weight is 617 g/mol. The van der Waals surface area contributed by atoms with Crippen LogP contribution in [0.15, 0.2) is 103 Å². The molecule has 0 fully saturated rings. The molecule has 0 aliphatic rings. The van der Waals surface area contributed by atoms with E-state index in [9.17, 15) is 13.6 Å². The Hall–Kier alpha value is -5.56. The van der Waals surface area contributed by atoms with E-state index in [0.717, 1.165) is 61.7 Å². The molecule has 0 amide bonds. The van der Waals surface area contributed by atoms with E-state index in [0.29, 0.717) is 29.4 Å². The van der Waals surface area contributed by atoms with Crippen LogP contribution in [0.3, 0.4) is 0 Å². The number of nitrogens with zero attached hydrogens (tertiary/aromatic N) is 1. The molecular formula is C39H32F2NO4+. The lowest BCUT2D eigenvalue weighted by Crippen LogP contribution is -2.33. The molecule has 46 heavy (non-hydrogen) atoms. The van der Waals surface area contributed by atoms with Gasteiger partial charge in [0.15, 0.2) is 24.0 Å². The molecule has 5 nitrogen and oxygen atoms in total. The number of halogens is 2. The second-order valence-corrected chi connectivity index (χ2v) is 10.9. The Labute approximate surface area is 266 Å². The van der Waals surface area contributed by atoms with Gasteiger partial charge in [0, 0.05) is 17.2 Å². The van der Waals surface area contributed by atoms with Crippen LogP contribution in [-0.4, -0.2) is 27.6 Å². The Bertz CT molecular complexity index is 2010. The maximum atomic E-state index is 13.9. The van der Waals surface area contributed by atoms with Crippen molar-refractivity contribution in [2.24, 2.45) is 0 Å². The number of aromatic nitrogens is 1. The predicted molar refractivity (Wildman–Crippen MR) is 177 cm³/mol. The zero-order valence-corrected chi connectivity index (χ0v) is 25.9. The van der Waals surface area contributed by atoms with Gasteiger partial charge in [-0.3, -0.25) is 4.79 Å². The first kappa shape index (κ1) is 30.5. The highest BCUT2D eigenvalue weighted by atomic mass is 19.1. The van der Waals surface area contributed by atoms with Crippen molar-refractivity contribution in [3.8, 4) is 61.8 Å². The molecule has 0 radical (unpaired) electrons. The van der Waals surface area contributed by atoms with Crippen molar-refractivity contribution < 1.29 is 32.4 Å². The van der Waals surface area contributed by atoms with Crippen LogP contribution in [0.2, 0.25) is 0 Å². The van der Waals surface area contributed by atoms with Crippen molar-refractivity contribution in [2.45, 2.75) is 13.5 Å². The lowest BCUT2D eigenvalue weighted by molar-refractivity contribution is -0.667. The van der Waals surface area contributed by atoms with Gasteiger partial charge in [-0.25, -0.2) is 8.78 Å². The van der Waals surface area contributed by atoms with Crippen LogP contribution in [0.4, 0.5) is 8.78 Å². The van der Waals surface area contributed by atoms with Gasteiger partial charge in [-0.15, -0.1) is 0 Å². The number of fused-ring (bicyclic) bond motifs is 1. The molecule has 230 valence electrons. The fourth-order valence-corrected chi connectivity index (χ4v) is 5.84. The summed E-state index contributed by atoms with van der Waals surface area (Å²) in [5, 5.41) is 0.912. The number of methoxy groups -OCH3 is 3. The van der Waals surface area contributed by atoms with E-state index in [1.165, 1.54) is 24.3 Å². The maximum absolute atomic E-state index is 13.9. The topological polar surface area (TPSA) is 48.6 Å². The number of aryl methyl sites for hydroxylation is 1. The number of pyridine rings is 1. The molecule has 0 spiro atoms. The van der Waals surface area contributed by atoms with Gasteiger partial charge in [0.05, 0.1) is 32.3 Å². The van der Waals surface area contributed by atoms with Crippen molar-refractivity contribution in [3.05, 3.63) is 120 Å². The minimum absolute atomic E-state index is 0.322. The van der Waals surface area contributed by atoms with Crippen LogP contribution in [0.1, 0.15) is 17.3 Å². The van der Waals surface area contributed by atoms with Gasteiger partial charge in [-0.05, 0) is 107 Å². The number of aldehydes is 1. The number of benzene rings is 5. The maximum Gasteiger partial charge on any atom is 0.213 e. The molecule has 6 aromatic rings. The van der Waals surface area contributed by atoms with Crippen molar-refractivity contribution in [3.63, 3.8) is 0 Å². The Balaban J connectivity index is 1.60. The van der Waals surface area contributed by atoms with Crippen molar-refractivity contribution >= 4 is 17.2 Å². The van der Waals surface area contributed by atoms with Gasteiger partial charge in [0.1, 0.15) is 23.9 Å². The normalized spacial score (nSPS) is 11.0. The molecule has 0 N–H and O–H groups in total. The molecule has 1 aromatic heterocycles. The van der Waals surface area contributed by atoms with Crippen molar-refractivity contribution in [1.29, 1.82) is 0 Å². The van der Waals surface area contributed by atoms with Crippen LogP contribution in [0.25, 0.3) is 55.4 Å². The Morgan fingerprint density at radius 3 is 1.70 bits per heavy atom. The first-order valence-corrected chi connectivity index (χ1v) is 14.8. The second-order valence-electron chi connectivity index (χ2n) is 10.9. The highest BCUT2D eigenvalue weighted by molar-refractivity contribution is 5.92. The molecule has 1 heterocycles. The van der Waals surface area contributed by atoms with Gasteiger partial charge in [-0.1, -0.05) is 24.3 Å². The highest BCUT2D eigenvalue weighted by Gasteiger charge is 2.21. The zero-order chi connectivity index (χ0) is 32.4. The van der Waals surface area contributed by atoms with E-state index in [1.807, 2.05) is 49.5 Å². The molecule has 0 saturated carbocycles. The molecule has 7 heteroatoms. The van der Waals surface area contributed by atoms with Crippen LogP contribution in [0.5, 0.6) is 17.2 Å². The summed E-state index contributed by atoms with van der Waals surface area (Å²) in [4.78, 5) is 11.7. The van der Waals surface area contributed by atoms with Crippen molar-refractivity contribution in [1.82, 2.24) is 0 Å². The lowest BCUT2D eigenvalue weighted by Gasteiger charge is -2.18. The second kappa shape index (κ2) is 12.8. The Morgan fingerprint density at radius 1 is 0.609 bits per heavy atom. The number of carbonyl (C=O) groups is 1. The summed E-state index contributed by atoms with van der Waals surface area (Å²) in [7, 11) is 4.75. The first-order valence-electron chi connectivity index (χ1n) is 14.8. The molecular weight excluding hydrogens is 584 g/mol. The lowest BCUT2D eigenvalue weighted by atomic mass is 9.91. The van der Waals surface area contributed by atoms with Gasteiger partial charge in [0.25, 0.3) is 0 Å². The third kappa shape index (κ3) is 5.79. The fourth-order valence-electron chi connectivity index (χ4n) is 5.84. The van der Waals surface area contributed by atoms with Crippen LogP contribution in [-0.2, 0) is 6.54 Å². The number of hydrogen-bond acceptors (Lipinski definition) is 4. The van der Waals surface area contributed by atoms with Gasteiger partial charge in [-0.2, -0.15) is 4.57 Å². The first-order chi connectivity index (χ1) is 22.3. The molecule has 5 aromatic carbocycles. The van der Waals surface area contributed by atoms with E-state index < -0.39 is 0 Å². The summed E-state index contributed by atoms with van der Waals surface area (Å²) in [6.07, 6.45) is 2.85. The van der Waals surface area contributed by atoms with Crippen LogP contribution < -0.4 is 18.8 Å². The quantitative estimate of drug-likeness (QED) is 0.120. The predicted octanol–water partition coefficient (Wildman–Crippen LogP) is 8.93. The van der Waals surface area contributed by atoms with Crippen molar-refractivity contribution in [2.75, 3.05) is 21.3 Å². The van der Waals surface area contributed by atoms with E-state index >= 15 is 0 Å². The summed E-state index contributed by atoms with van der Waals surface area (Å²) >= 11 is 0. The van der Waals surface area contributed by atoms with E-state index in [4.69, 9.17) is 14.2 Å². The van der Waals surface area contributed by atoms with Gasteiger partial charge < -0.3 is 14.2 Å². The minimum atomic E-state index is -0.322. The molecule has 0 bridgehead atoms. The molecule has 0 saturated heterocycles. The summed E-state index contributed by atoms with van der Waals surface area (Å²) in [6.45, 7) is 2.72. The van der Waals surface area contributed by atoms with Crippen LogP contribution in [0, 0.1) is 11.6 Å². The average Bonchev–Trinajstić information content (AvgIpc) is 3.10. The van der Waals surface area contributed by atoms with Gasteiger partial charge >= 0.3 is 0 Å². The third-order valence-corrected chi connectivity index (χ3v) is 8.17. The minimum Gasteiger partial charge on any atom is -0.496 e. The fraction of sp³-hybridized carbons (Fsp3) is 0.128. The zero-order valence-electron chi connectivity index (χ0n) is 25.9. The summed E-state index contributed by atoms with van der Waals surface area (Å²) < 4.78 is 47.1.